The van der Waals surface area contributed by atoms with Gasteiger partial charge >= 0.3 is 0 Å². The molecule has 8 heavy (non-hydrogen) atoms. The van der Waals surface area contributed by atoms with Gasteiger partial charge in [0.15, 0.2) is 0 Å². The lowest BCUT2D eigenvalue weighted by Crippen LogP contribution is -2.29. The van der Waals surface area contributed by atoms with Gasteiger partial charge < -0.3 is 4.48 Å². The minimum absolute atomic E-state index is 0.662. The molecule has 1 fully saturated rings. The molecule has 0 radical (unpaired) electrons. The van der Waals surface area contributed by atoms with Gasteiger partial charge in [-0.1, -0.05) is 6.58 Å². The first-order valence-corrected chi connectivity index (χ1v) is 3.16. The van der Waals surface area contributed by atoms with Crippen molar-refractivity contribution in [1.82, 2.24) is 0 Å². The third-order valence-electron chi connectivity index (χ3n) is 2.25. The van der Waals surface area contributed by atoms with Crippen LogP contribution < -0.4 is 0 Å². The fraction of sp³-hybridized carbons (Fsp3) is 0.714. The summed E-state index contributed by atoms with van der Waals surface area (Å²) < 4.78 is 1.21. The summed E-state index contributed by atoms with van der Waals surface area (Å²) in [6.45, 7) is 8.65. The Morgan fingerprint density at radius 2 is 2.12 bits per heavy atom. The summed E-state index contributed by atoms with van der Waals surface area (Å²) in [6.07, 6.45) is 2.03. The van der Waals surface area contributed by atoms with Crippen LogP contribution in [0.2, 0.25) is 0 Å². The normalized spacial score (nSPS) is 26.8. The van der Waals surface area contributed by atoms with Crippen LogP contribution in [-0.4, -0.2) is 30.7 Å². The standard InChI is InChI=1S/C7H14N/c1-4-7(2)8(3)5-6-8/h4,7H,1,5-6H2,2-3H3/q+1. The SMILES string of the molecule is C=CC(C)[N+]1(C)CC1. The quantitative estimate of drug-likeness (QED) is 0.284. The Morgan fingerprint density at radius 3 is 2.25 bits per heavy atom. The van der Waals surface area contributed by atoms with Crippen molar-refractivity contribution in [3.8, 4) is 0 Å². The van der Waals surface area contributed by atoms with E-state index in [2.05, 4.69) is 20.6 Å². The molecule has 1 aliphatic heterocycles. The predicted octanol–water partition coefficient (Wildman–Crippen LogP) is 1.02. The van der Waals surface area contributed by atoms with Crippen molar-refractivity contribution in [1.29, 1.82) is 0 Å². The highest BCUT2D eigenvalue weighted by Crippen LogP contribution is 2.21. The highest BCUT2D eigenvalue weighted by Gasteiger charge is 2.40. The molecule has 46 valence electrons. The van der Waals surface area contributed by atoms with E-state index in [0.29, 0.717) is 6.04 Å². The van der Waals surface area contributed by atoms with Crippen LogP contribution in [0.5, 0.6) is 0 Å². The van der Waals surface area contributed by atoms with Gasteiger partial charge in [0.25, 0.3) is 0 Å². The smallest absolute Gasteiger partial charge is 0.129 e. The van der Waals surface area contributed by atoms with Crippen molar-refractivity contribution >= 4 is 0 Å². The van der Waals surface area contributed by atoms with E-state index in [1.807, 2.05) is 6.08 Å². The second-order valence-electron chi connectivity index (χ2n) is 2.90. The predicted molar refractivity (Wildman–Crippen MR) is 35.6 cm³/mol. The Balaban J connectivity index is 2.45. The van der Waals surface area contributed by atoms with Crippen LogP contribution in [0, 0.1) is 0 Å². The molecule has 1 saturated heterocycles. The molecule has 1 aliphatic rings. The van der Waals surface area contributed by atoms with Gasteiger partial charge in [-0.25, -0.2) is 0 Å². The van der Waals surface area contributed by atoms with Gasteiger partial charge in [-0.05, 0) is 13.0 Å². The Morgan fingerprint density at radius 1 is 1.62 bits per heavy atom. The van der Waals surface area contributed by atoms with Crippen molar-refractivity contribution in [2.24, 2.45) is 0 Å². The van der Waals surface area contributed by atoms with Crippen LogP contribution in [0.15, 0.2) is 12.7 Å². The summed E-state index contributed by atoms with van der Waals surface area (Å²) >= 11 is 0. The zero-order chi connectivity index (χ0) is 6.20. The molecule has 0 saturated carbocycles. The Labute approximate surface area is 51.2 Å². The van der Waals surface area contributed by atoms with E-state index >= 15 is 0 Å². The third kappa shape index (κ3) is 0.781. The first-order chi connectivity index (χ1) is 3.69. The minimum atomic E-state index is 0.662. The maximum absolute atomic E-state index is 3.75. The van der Waals surface area contributed by atoms with Crippen molar-refractivity contribution in [2.45, 2.75) is 13.0 Å². The largest absolute Gasteiger partial charge is 0.311 e. The van der Waals surface area contributed by atoms with Crippen LogP contribution in [0.25, 0.3) is 0 Å². The zero-order valence-corrected chi connectivity index (χ0v) is 5.72. The molecule has 0 aromatic carbocycles. The van der Waals surface area contributed by atoms with Crippen LogP contribution in [0.1, 0.15) is 6.92 Å². The summed E-state index contributed by atoms with van der Waals surface area (Å²) in [5, 5.41) is 0. The maximum atomic E-state index is 3.75. The maximum Gasteiger partial charge on any atom is 0.129 e. The van der Waals surface area contributed by atoms with Gasteiger partial charge in [0.1, 0.15) is 19.1 Å². The second kappa shape index (κ2) is 1.59. The average molecular weight is 112 g/mol. The van der Waals surface area contributed by atoms with Crippen molar-refractivity contribution < 1.29 is 4.48 Å². The van der Waals surface area contributed by atoms with E-state index in [-0.39, 0.29) is 0 Å². The second-order valence-corrected chi connectivity index (χ2v) is 2.90. The van der Waals surface area contributed by atoms with E-state index in [1.54, 1.807) is 0 Å². The highest BCUT2D eigenvalue weighted by molar-refractivity contribution is 4.79. The molecule has 1 nitrogen and oxygen atoms in total. The lowest BCUT2D eigenvalue weighted by atomic mass is 10.3. The average Bonchev–Trinajstić information content (AvgIpc) is 2.47. The van der Waals surface area contributed by atoms with Crippen molar-refractivity contribution in [2.75, 3.05) is 20.1 Å². The van der Waals surface area contributed by atoms with Gasteiger partial charge in [0.2, 0.25) is 0 Å². The molecule has 0 aromatic rings. The van der Waals surface area contributed by atoms with Gasteiger partial charge in [0, 0.05) is 0 Å². The van der Waals surface area contributed by atoms with Crippen LogP contribution in [0.4, 0.5) is 0 Å². The molecule has 1 heterocycles. The molecule has 0 aliphatic carbocycles. The number of hydrogen-bond donors (Lipinski definition) is 0. The molecule has 0 spiro atoms. The highest BCUT2D eigenvalue weighted by atomic mass is 15.5. The lowest BCUT2D eigenvalue weighted by Gasteiger charge is -2.16. The molecule has 1 unspecified atom stereocenters. The summed E-state index contributed by atoms with van der Waals surface area (Å²) in [5.41, 5.74) is 0. The number of likely N-dealkylation sites (N-methyl/N-ethyl adjacent to an activating group) is 1. The van der Waals surface area contributed by atoms with E-state index in [1.165, 1.54) is 17.6 Å². The van der Waals surface area contributed by atoms with E-state index in [0.717, 1.165) is 0 Å². The van der Waals surface area contributed by atoms with Gasteiger partial charge in [0.05, 0.1) is 7.05 Å². The van der Waals surface area contributed by atoms with Crippen LogP contribution >= 0.6 is 0 Å². The molecule has 0 amide bonds. The summed E-state index contributed by atoms with van der Waals surface area (Å²) in [6, 6.07) is 0.662. The van der Waals surface area contributed by atoms with Gasteiger partial charge in [-0.15, -0.1) is 0 Å². The number of rotatable bonds is 2. The lowest BCUT2D eigenvalue weighted by molar-refractivity contribution is -0.795. The number of quaternary nitrogens is 1. The van der Waals surface area contributed by atoms with Crippen molar-refractivity contribution in [3.05, 3.63) is 12.7 Å². The van der Waals surface area contributed by atoms with Crippen LogP contribution in [-0.2, 0) is 0 Å². The van der Waals surface area contributed by atoms with Crippen LogP contribution in [0.3, 0.4) is 0 Å². The zero-order valence-electron chi connectivity index (χ0n) is 5.72. The molecule has 0 N–H and O–H groups in total. The molecule has 1 heteroatoms. The molecular formula is C7H14N+. The fourth-order valence-corrected chi connectivity index (χ4v) is 0.819. The summed E-state index contributed by atoms with van der Waals surface area (Å²) in [5.74, 6) is 0. The first kappa shape index (κ1) is 5.83. The Kier molecular flexibility index (Phi) is 1.16. The Bertz CT molecular complexity index is 103. The Hall–Kier alpha value is -0.300. The fourth-order valence-electron chi connectivity index (χ4n) is 0.819. The van der Waals surface area contributed by atoms with Gasteiger partial charge in [-0.3, -0.25) is 0 Å². The number of hydrogen-bond acceptors (Lipinski definition) is 0. The van der Waals surface area contributed by atoms with E-state index in [9.17, 15) is 0 Å². The van der Waals surface area contributed by atoms with E-state index < -0.39 is 0 Å². The number of nitrogens with zero attached hydrogens (tertiary/aromatic N) is 1. The molecule has 0 bridgehead atoms. The third-order valence-corrected chi connectivity index (χ3v) is 2.25. The van der Waals surface area contributed by atoms with E-state index in [4.69, 9.17) is 0 Å². The summed E-state index contributed by atoms with van der Waals surface area (Å²) in [4.78, 5) is 0. The molecule has 0 aromatic heterocycles. The molecule has 1 rings (SSSR count). The molecular weight excluding hydrogens is 98.1 g/mol. The van der Waals surface area contributed by atoms with Gasteiger partial charge in [-0.2, -0.15) is 0 Å². The monoisotopic (exact) mass is 112 g/mol. The van der Waals surface area contributed by atoms with Crippen molar-refractivity contribution in [3.63, 3.8) is 0 Å². The first-order valence-electron chi connectivity index (χ1n) is 3.16. The molecule has 1 atom stereocenters. The topological polar surface area (TPSA) is 0 Å². The minimum Gasteiger partial charge on any atom is -0.311 e. The summed E-state index contributed by atoms with van der Waals surface area (Å²) in [7, 11) is 2.27.